The van der Waals surface area contributed by atoms with Gasteiger partial charge in [-0.15, -0.1) is 0 Å². The number of rotatable bonds is 3. The van der Waals surface area contributed by atoms with Gasteiger partial charge in [-0.25, -0.2) is 4.98 Å². The molecule has 0 radical (unpaired) electrons. The summed E-state index contributed by atoms with van der Waals surface area (Å²) in [6.07, 6.45) is 5.92. The van der Waals surface area contributed by atoms with E-state index < -0.39 is 0 Å². The first kappa shape index (κ1) is 14.9. The van der Waals surface area contributed by atoms with Gasteiger partial charge in [-0.2, -0.15) is 0 Å². The van der Waals surface area contributed by atoms with Crippen molar-refractivity contribution in [2.24, 2.45) is 7.05 Å². The number of nitrogens with zero attached hydrogens (tertiary/aromatic N) is 3. The number of carbonyl (C=O) groups is 1. The molecule has 1 saturated heterocycles. The number of hydrogen-bond acceptors (Lipinski definition) is 3. The van der Waals surface area contributed by atoms with Crippen molar-refractivity contribution in [3.63, 3.8) is 0 Å². The highest BCUT2D eigenvalue weighted by Gasteiger charge is 2.32. The van der Waals surface area contributed by atoms with Gasteiger partial charge in [-0.1, -0.05) is 6.92 Å². The Morgan fingerprint density at radius 3 is 2.91 bits per heavy atom. The number of likely N-dealkylation sites (tertiary alicyclic amines) is 1. The zero-order valence-electron chi connectivity index (χ0n) is 13.5. The Morgan fingerprint density at radius 2 is 2.27 bits per heavy atom. The molecular formula is C17H23N3O2. The van der Waals surface area contributed by atoms with Crippen molar-refractivity contribution in [3.05, 3.63) is 41.4 Å². The van der Waals surface area contributed by atoms with Crippen LogP contribution < -0.4 is 0 Å². The number of amides is 1. The average Bonchev–Trinajstić information content (AvgIpc) is 3.12. The summed E-state index contributed by atoms with van der Waals surface area (Å²) in [5, 5.41) is 0. The van der Waals surface area contributed by atoms with Gasteiger partial charge in [0.05, 0.1) is 11.7 Å². The first-order valence-corrected chi connectivity index (χ1v) is 8.00. The molecule has 0 aliphatic carbocycles. The smallest absolute Gasteiger partial charge is 0.292 e. The number of aryl methyl sites for hydroxylation is 3. The van der Waals surface area contributed by atoms with Crippen LogP contribution in [0.3, 0.4) is 0 Å². The second kappa shape index (κ2) is 5.99. The van der Waals surface area contributed by atoms with Gasteiger partial charge in [-0.05, 0) is 38.3 Å². The van der Waals surface area contributed by atoms with E-state index in [-0.39, 0.29) is 11.9 Å². The summed E-state index contributed by atoms with van der Waals surface area (Å²) < 4.78 is 7.76. The number of hydrogen-bond donors (Lipinski definition) is 0. The molecule has 1 fully saturated rings. The van der Waals surface area contributed by atoms with Crippen LogP contribution in [-0.2, 0) is 13.5 Å². The summed E-state index contributed by atoms with van der Waals surface area (Å²) in [4.78, 5) is 19.2. The zero-order valence-corrected chi connectivity index (χ0v) is 13.5. The second-order valence-electron chi connectivity index (χ2n) is 5.93. The molecule has 1 aliphatic heterocycles. The van der Waals surface area contributed by atoms with E-state index >= 15 is 0 Å². The van der Waals surface area contributed by atoms with E-state index in [2.05, 4.69) is 15.6 Å². The average molecular weight is 301 g/mol. The molecule has 0 saturated carbocycles. The van der Waals surface area contributed by atoms with Crippen molar-refractivity contribution in [1.29, 1.82) is 0 Å². The molecule has 5 heteroatoms. The summed E-state index contributed by atoms with van der Waals surface area (Å²) in [7, 11) is 2.03. The number of aromatic nitrogens is 2. The molecule has 0 spiro atoms. The predicted octanol–water partition coefficient (Wildman–Crippen LogP) is 3.25. The van der Waals surface area contributed by atoms with Gasteiger partial charge < -0.3 is 13.9 Å². The summed E-state index contributed by atoms with van der Waals surface area (Å²) in [5.74, 6) is 1.00. The number of oxazole rings is 1. The van der Waals surface area contributed by atoms with E-state index in [0.29, 0.717) is 23.8 Å². The maximum Gasteiger partial charge on any atom is 0.292 e. The first-order chi connectivity index (χ1) is 10.6. The fourth-order valence-electron chi connectivity index (χ4n) is 3.24. The van der Waals surface area contributed by atoms with Gasteiger partial charge in [0, 0.05) is 31.9 Å². The molecule has 2 aromatic rings. The van der Waals surface area contributed by atoms with Crippen molar-refractivity contribution < 1.29 is 9.21 Å². The third-order valence-electron chi connectivity index (χ3n) is 4.43. The van der Waals surface area contributed by atoms with Gasteiger partial charge >= 0.3 is 0 Å². The Labute approximate surface area is 130 Å². The Kier molecular flexibility index (Phi) is 4.05. The molecule has 1 amide bonds. The third-order valence-corrected chi connectivity index (χ3v) is 4.43. The summed E-state index contributed by atoms with van der Waals surface area (Å²) in [5.41, 5.74) is 1.87. The maximum atomic E-state index is 12.9. The highest BCUT2D eigenvalue weighted by molar-refractivity contribution is 5.92. The van der Waals surface area contributed by atoms with Crippen LogP contribution in [0, 0.1) is 6.92 Å². The fraction of sp³-hybridized carbons (Fsp3) is 0.529. The molecule has 22 heavy (non-hydrogen) atoms. The normalized spacial score (nSPS) is 18.7. The van der Waals surface area contributed by atoms with Crippen molar-refractivity contribution in [2.45, 2.75) is 45.6 Å². The summed E-state index contributed by atoms with van der Waals surface area (Å²) in [6, 6.07) is 4.25. The molecule has 1 atom stereocenters. The van der Waals surface area contributed by atoms with E-state index in [1.807, 2.05) is 38.1 Å². The van der Waals surface area contributed by atoms with E-state index in [1.165, 1.54) is 5.69 Å². The van der Waals surface area contributed by atoms with E-state index in [4.69, 9.17) is 4.42 Å². The van der Waals surface area contributed by atoms with Gasteiger partial charge in [0.15, 0.2) is 5.89 Å². The predicted molar refractivity (Wildman–Crippen MR) is 83.7 cm³/mol. The molecule has 5 nitrogen and oxygen atoms in total. The van der Waals surface area contributed by atoms with Gasteiger partial charge in [0.2, 0.25) is 5.76 Å². The largest absolute Gasteiger partial charge is 0.435 e. The second-order valence-corrected chi connectivity index (χ2v) is 5.93. The number of piperidine rings is 1. The monoisotopic (exact) mass is 301 g/mol. The van der Waals surface area contributed by atoms with Crippen LogP contribution in [0.1, 0.15) is 60.1 Å². The Morgan fingerprint density at radius 1 is 1.45 bits per heavy atom. The van der Waals surface area contributed by atoms with Gasteiger partial charge in [-0.3, -0.25) is 4.79 Å². The van der Waals surface area contributed by atoms with Crippen molar-refractivity contribution in [3.8, 4) is 0 Å². The molecule has 1 unspecified atom stereocenters. The van der Waals surface area contributed by atoms with Crippen LogP contribution in [0.2, 0.25) is 0 Å². The Hall–Kier alpha value is -2.04. The van der Waals surface area contributed by atoms with Crippen LogP contribution >= 0.6 is 0 Å². The Balaban J connectivity index is 1.91. The van der Waals surface area contributed by atoms with E-state index in [9.17, 15) is 4.79 Å². The number of carbonyl (C=O) groups excluding carboxylic acids is 1. The minimum absolute atomic E-state index is 0.0319. The Bertz CT molecular complexity index is 671. The summed E-state index contributed by atoms with van der Waals surface area (Å²) >= 11 is 0. The molecule has 0 bridgehead atoms. The van der Waals surface area contributed by atoms with Crippen molar-refractivity contribution >= 4 is 5.91 Å². The maximum absolute atomic E-state index is 12.9. The van der Waals surface area contributed by atoms with Gasteiger partial charge in [0.25, 0.3) is 5.91 Å². The lowest BCUT2D eigenvalue weighted by molar-refractivity contribution is 0.0567. The van der Waals surface area contributed by atoms with Crippen molar-refractivity contribution in [2.75, 3.05) is 6.54 Å². The molecular weight excluding hydrogens is 278 g/mol. The lowest BCUT2D eigenvalue weighted by Gasteiger charge is -2.35. The van der Waals surface area contributed by atoms with Gasteiger partial charge in [0.1, 0.15) is 0 Å². The van der Waals surface area contributed by atoms with Crippen LogP contribution in [0.15, 0.2) is 22.7 Å². The topological polar surface area (TPSA) is 51.3 Å². The highest BCUT2D eigenvalue weighted by Crippen LogP contribution is 2.32. The molecule has 1 aliphatic rings. The highest BCUT2D eigenvalue weighted by atomic mass is 16.4. The van der Waals surface area contributed by atoms with Crippen LogP contribution in [0.4, 0.5) is 0 Å². The molecule has 0 aromatic carbocycles. The standard InChI is InChI=1S/C17H23N3O2/c1-4-15-18-12(2)16(22-15)17(21)20-11-6-5-8-14(20)13-9-7-10-19(13)3/h7,9-10,14H,4-6,8,11H2,1-3H3. The minimum atomic E-state index is -0.0319. The molecule has 3 heterocycles. The quantitative estimate of drug-likeness (QED) is 0.874. The molecule has 2 aromatic heterocycles. The third kappa shape index (κ3) is 2.56. The minimum Gasteiger partial charge on any atom is -0.435 e. The first-order valence-electron chi connectivity index (χ1n) is 8.00. The zero-order chi connectivity index (χ0) is 15.7. The van der Waals surface area contributed by atoms with Crippen LogP contribution in [-0.4, -0.2) is 26.9 Å². The SMILES string of the molecule is CCc1nc(C)c(C(=O)N2CCCCC2c2cccn2C)o1. The lowest BCUT2D eigenvalue weighted by Crippen LogP contribution is -2.39. The van der Waals surface area contributed by atoms with Crippen LogP contribution in [0.5, 0.6) is 0 Å². The molecule has 0 N–H and O–H groups in total. The fourth-order valence-corrected chi connectivity index (χ4v) is 3.24. The van der Waals surface area contributed by atoms with Crippen molar-refractivity contribution in [1.82, 2.24) is 14.5 Å². The van der Waals surface area contributed by atoms with E-state index in [1.54, 1.807) is 0 Å². The van der Waals surface area contributed by atoms with Crippen LogP contribution in [0.25, 0.3) is 0 Å². The molecule has 118 valence electrons. The van der Waals surface area contributed by atoms with E-state index in [0.717, 1.165) is 25.8 Å². The molecule has 3 rings (SSSR count). The summed E-state index contributed by atoms with van der Waals surface area (Å²) in [6.45, 7) is 4.60. The lowest BCUT2D eigenvalue weighted by atomic mass is 9.98.